The molecule has 1 radical (unpaired) electrons. The SMILES string of the molecule is CCOCCOc1ccc(C2OC2C(=O)OCC)cc1.[Na]. The van der Waals surface area contributed by atoms with Crippen LogP contribution in [0.2, 0.25) is 0 Å². The van der Waals surface area contributed by atoms with E-state index < -0.39 is 6.10 Å². The number of hydrogen-bond donors (Lipinski definition) is 0. The van der Waals surface area contributed by atoms with E-state index in [9.17, 15) is 4.79 Å². The molecule has 0 spiro atoms. The third kappa shape index (κ3) is 5.60. The first kappa shape index (κ1) is 18.5. The van der Waals surface area contributed by atoms with Gasteiger partial charge in [-0.3, -0.25) is 0 Å². The molecule has 5 nitrogen and oxygen atoms in total. The van der Waals surface area contributed by atoms with Crippen molar-refractivity contribution in [1.82, 2.24) is 0 Å². The fourth-order valence-electron chi connectivity index (χ4n) is 1.89. The van der Waals surface area contributed by atoms with Crippen LogP contribution in [0, 0.1) is 0 Å². The predicted molar refractivity (Wildman–Crippen MR) is 78.4 cm³/mol. The predicted octanol–water partition coefficient (Wildman–Crippen LogP) is 1.72. The minimum atomic E-state index is -0.459. The second-order valence-corrected chi connectivity index (χ2v) is 4.34. The van der Waals surface area contributed by atoms with Crippen LogP contribution in [0.3, 0.4) is 0 Å². The van der Waals surface area contributed by atoms with Gasteiger partial charge in [0.1, 0.15) is 18.5 Å². The summed E-state index contributed by atoms with van der Waals surface area (Å²) in [7, 11) is 0. The summed E-state index contributed by atoms with van der Waals surface area (Å²) in [6.07, 6.45) is -0.647. The Kier molecular flexibility index (Phi) is 8.29. The fraction of sp³-hybridized carbons (Fsp3) is 0.533. The van der Waals surface area contributed by atoms with E-state index in [0.717, 1.165) is 11.3 Å². The van der Waals surface area contributed by atoms with Crippen LogP contribution in [0.15, 0.2) is 24.3 Å². The average molecular weight is 303 g/mol. The Hall–Kier alpha value is -0.590. The number of hydrogen-bond acceptors (Lipinski definition) is 5. The number of epoxide rings is 1. The van der Waals surface area contributed by atoms with E-state index in [1.165, 1.54) is 0 Å². The van der Waals surface area contributed by atoms with Crippen molar-refractivity contribution < 1.29 is 23.7 Å². The van der Waals surface area contributed by atoms with Crippen LogP contribution in [-0.2, 0) is 19.0 Å². The zero-order valence-corrected chi connectivity index (χ0v) is 14.8. The molecule has 1 aromatic carbocycles. The number of rotatable bonds is 8. The Morgan fingerprint density at radius 2 is 1.86 bits per heavy atom. The van der Waals surface area contributed by atoms with Crippen LogP contribution >= 0.6 is 0 Å². The van der Waals surface area contributed by atoms with E-state index in [4.69, 9.17) is 18.9 Å². The molecule has 0 aliphatic carbocycles. The molecule has 2 unspecified atom stereocenters. The van der Waals surface area contributed by atoms with Crippen LogP contribution in [0.4, 0.5) is 0 Å². The molecular formula is C15H20NaO5. The second-order valence-electron chi connectivity index (χ2n) is 4.34. The van der Waals surface area contributed by atoms with Crippen LogP contribution in [0.25, 0.3) is 0 Å². The second kappa shape index (κ2) is 9.43. The Morgan fingerprint density at radius 1 is 1.14 bits per heavy atom. The molecule has 111 valence electrons. The van der Waals surface area contributed by atoms with Crippen LogP contribution in [0.5, 0.6) is 5.75 Å². The minimum Gasteiger partial charge on any atom is -0.491 e. The standard InChI is InChI=1S/C15H20O5.Na/c1-3-17-9-10-19-12-7-5-11(6-8-12)13-14(20-13)15(16)18-4-2;/h5-8,13-14H,3-4,9-10H2,1-2H3;. The van der Waals surface area contributed by atoms with Crippen molar-refractivity contribution in [3.8, 4) is 5.75 Å². The van der Waals surface area contributed by atoms with E-state index in [1.54, 1.807) is 6.92 Å². The molecule has 1 heterocycles. The van der Waals surface area contributed by atoms with Gasteiger partial charge in [-0.25, -0.2) is 4.79 Å². The maximum atomic E-state index is 11.5. The van der Waals surface area contributed by atoms with Crippen molar-refractivity contribution in [2.75, 3.05) is 26.4 Å². The summed E-state index contributed by atoms with van der Waals surface area (Å²) in [5.74, 6) is 0.483. The Bertz CT molecular complexity index is 434. The molecule has 2 atom stereocenters. The summed E-state index contributed by atoms with van der Waals surface area (Å²) < 4.78 is 21.0. The maximum absolute atomic E-state index is 11.5. The van der Waals surface area contributed by atoms with Gasteiger partial charge < -0.3 is 18.9 Å². The molecular weight excluding hydrogens is 283 g/mol. The van der Waals surface area contributed by atoms with Gasteiger partial charge in [0.2, 0.25) is 0 Å². The molecule has 1 saturated heterocycles. The monoisotopic (exact) mass is 303 g/mol. The van der Waals surface area contributed by atoms with Crippen molar-refractivity contribution >= 4 is 35.5 Å². The van der Waals surface area contributed by atoms with Gasteiger partial charge in [0.25, 0.3) is 0 Å². The van der Waals surface area contributed by atoms with Crippen molar-refractivity contribution in [2.24, 2.45) is 0 Å². The minimum absolute atomic E-state index is 0. The molecule has 1 fully saturated rings. The van der Waals surface area contributed by atoms with E-state index in [2.05, 4.69) is 0 Å². The summed E-state index contributed by atoms with van der Waals surface area (Å²) in [6.45, 7) is 5.90. The summed E-state index contributed by atoms with van der Waals surface area (Å²) >= 11 is 0. The van der Waals surface area contributed by atoms with Crippen molar-refractivity contribution in [3.63, 3.8) is 0 Å². The number of carbonyl (C=O) groups is 1. The topological polar surface area (TPSA) is 57.3 Å². The van der Waals surface area contributed by atoms with Gasteiger partial charge in [-0.2, -0.15) is 0 Å². The average Bonchev–Trinajstić information content (AvgIpc) is 3.25. The first-order chi connectivity index (χ1) is 9.76. The van der Waals surface area contributed by atoms with Crippen LogP contribution < -0.4 is 4.74 Å². The Morgan fingerprint density at radius 3 is 2.48 bits per heavy atom. The van der Waals surface area contributed by atoms with Gasteiger partial charge in [-0.1, -0.05) is 12.1 Å². The molecule has 0 saturated carbocycles. The largest absolute Gasteiger partial charge is 0.491 e. The fourth-order valence-corrected chi connectivity index (χ4v) is 1.89. The molecule has 21 heavy (non-hydrogen) atoms. The van der Waals surface area contributed by atoms with Crippen molar-refractivity contribution in [1.29, 1.82) is 0 Å². The van der Waals surface area contributed by atoms with Gasteiger partial charge in [0.05, 0.1) is 13.2 Å². The first-order valence-electron chi connectivity index (χ1n) is 6.88. The Balaban J connectivity index is 0.00000220. The van der Waals surface area contributed by atoms with Crippen molar-refractivity contribution in [3.05, 3.63) is 29.8 Å². The molecule has 1 aromatic rings. The summed E-state index contributed by atoms with van der Waals surface area (Å²) in [5, 5.41) is 0. The van der Waals surface area contributed by atoms with Gasteiger partial charge in [0, 0.05) is 36.2 Å². The molecule has 0 bridgehead atoms. The molecule has 0 aromatic heterocycles. The van der Waals surface area contributed by atoms with E-state index in [0.29, 0.717) is 26.4 Å². The summed E-state index contributed by atoms with van der Waals surface area (Å²) in [4.78, 5) is 11.5. The number of benzene rings is 1. The number of esters is 1. The third-order valence-corrected chi connectivity index (χ3v) is 2.92. The zero-order chi connectivity index (χ0) is 14.4. The summed E-state index contributed by atoms with van der Waals surface area (Å²) in [6, 6.07) is 7.54. The van der Waals surface area contributed by atoms with Crippen LogP contribution in [-0.4, -0.2) is 68.1 Å². The zero-order valence-electron chi connectivity index (χ0n) is 12.8. The molecule has 1 aliphatic heterocycles. The number of ether oxygens (including phenoxy) is 4. The molecule has 0 N–H and O–H groups in total. The van der Waals surface area contributed by atoms with Crippen LogP contribution in [0.1, 0.15) is 25.5 Å². The van der Waals surface area contributed by atoms with Crippen molar-refractivity contribution in [2.45, 2.75) is 26.1 Å². The number of carbonyl (C=O) groups excluding carboxylic acids is 1. The van der Waals surface area contributed by atoms with E-state index in [-0.39, 0.29) is 41.6 Å². The van der Waals surface area contributed by atoms with Gasteiger partial charge in [-0.15, -0.1) is 0 Å². The smallest absolute Gasteiger partial charge is 0.338 e. The Labute approximate surface area is 147 Å². The normalized spacial score (nSPS) is 19.5. The first-order valence-corrected chi connectivity index (χ1v) is 6.88. The van der Waals surface area contributed by atoms with Gasteiger partial charge >= 0.3 is 5.97 Å². The van der Waals surface area contributed by atoms with Gasteiger partial charge in [0.15, 0.2) is 6.10 Å². The molecule has 6 heteroatoms. The molecule has 0 amide bonds. The molecule has 1 aliphatic rings. The molecule has 2 rings (SSSR count). The quantitative estimate of drug-likeness (QED) is 0.317. The van der Waals surface area contributed by atoms with E-state index in [1.807, 2.05) is 31.2 Å². The van der Waals surface area contributed by atoms with E-state index >= 15 is 0 Å². The third-order valence-electron chi connectivity index (χ3n) is 2.92. The maximum Gasteiger partial charge on any atom is 0.338 e. The summed E-state index contributed by atoms with van der Waals surface area (Å²) in [5.41, 5.74) is 0.959. The van der Waals surface area contributed by atoms with Gasteiger partial charge in [-0.05, 0) is 31.5 Å².